The number of hydrogen-bond acceptors (Lipinski definition) is 3. The molecule has 6 nitrogen and oxygen atoms in total. The Hall–Kier alpha value is -3.93. The van der Waals surface area contributed by atoms with Crippen molar-refractivity contribution in [2.75, 3.05) is 23.3 Å². The Morgan fingerprint density at radius 2 is 1.41 bits per heavy atom. The molecule has 0 fully saturated rings. The van der Waals surface area contributed by atoms with Gasteiger partial charge in [-0.25, -0.2) is 4.79 Å². The fourth-order valence-corrected chi connectivity index (χ4v) is 3.77. The van der Waals surface area contributed by atoms with E-state index in [1.807, 2.05) is 61.5 Å². The van der Waals surface area contributed by atoms with Gasteiger partial charge in [-0.15, -0.1) is 0 Å². The number of nitrogens with one attached hydrogen (secondary N) is 1. The first-order chi connectivity index (χ1) is 15.5. The number of hydrogen-bond donors (Lipinski definition) is 1. The van der Waals surface area contributed by atoms with Crippen LogP contribution in [0, 0.1) is 6.92 Å². The summed E-state index contributed by atoms with van der Waals surface area (Å²) in [6.07, 6.45) is 1.25. The van der Waals surface area contributed by atoms with Crippen LogP contribution in [0.5, 0.6) is 0 Å². The van der Waals surface area contributed by atoms with Gasteiger partial charge in [-0.1, -0.05) is 48.0 Å². The van der Waals surface area contributed by atoms with E-state index in [0.29, 0.717) is 37.1 Å². The summed E-state index contributed by atoms with van der Waals surface area (Å²) in [7, 11) is 0. The SMILES string of the molecule is Cc1ccc(N(CCCCN2C(=O)c3ccccc3C2=O)C(=O)Nc2ccccc2)cc1. The molecule has 0 saturated carbocycles. The molecule has 162 valence electrons. The number of fused-ring (bicyclic) bond motifs is 1. The molecule has 0 bridgehead atoms. The van der Waals surface area contributed by atoms with Crippen LogP contribution >= 0.6 is 0 Å². The van der Waals surface area contributed by atoms with Gasteiger partial charge in [0.15, 0.2) is 0 Å². The van der Waals surface area contributed by atoms with E-state index >= 15 is 0 Å². The Kier molecular flexibility index (Phi) is 6.31. The molecule has 1 heterocycles. The number of imide groups is 1. The zero-order valence-corrected chi connectivity index (χ0v) is 18.0. The van der Waals surface area contributed by atoms with Crippen LogP contribution in [-0.2, 0) is 0 Å². The zero-order valence-electron chi connectivity index (χ0n) is 18.0. The summed E-state index contributed by atoms with van der Waals surface area (Å²) >= 11 is 0. The van der Waals surface area contributed by atoms with Crippen LogP contribution in [0.4, 0.5) is 16.2 Å². The topological polar surface area (TPSA) is 69.7 Å². The number of aryl methyl sites for hydroxylation is 1. The number of carbonyl (C=O) groups is 3. The summed E-state index contributed by atoms with van der Waals surface area (Å²) in [6.45, 7) is 2.79. The van der Waals surface area contributed by atoms with Gasteiger partial charge in [0, 0.05) is 24.5 Å². The lowest BCUT2D eigenvalue weighted by Crippen LogP contribution is -2.36. The smallest absolute Gasteiger partial charge is 0.308 e. The van der Waals surface area contributed by atoms with E-state index in [4.69, 9.17) is 0 Å². The van der Waals surface area contributed by atoms with Gasteiger partial charge >= 0.3 is 6.03 Å². The standard InChI is InChI=1S/C26H25N3O3/c1-19-13-15-21(16-14-19)28(26(32)27-20-9-3-2-4-10-20)17-7-8-18-29-24(30)22-11-5-6-12-23(22)25(29)31/h2-6,9-16H,7-8,17-18H2,1H3,(H,27,32). The minimum atomic E-state index is -0.247. The van der Waals surface area contributed by atoms with Gasteiger partial charge in [-0.05, 0) is 56.2 Å². The average Bonchev–Trinajstić information content (AvgIpc) is 3.05. The van der Waals surface area contributed by atoms with Crippen molar-refractivity contribution in [1.29, 1.82) is 0 Å². The second-order valence-corrected chi connectivity index (χ2v) is 7.80. The van der Waals surface area contributed by atoms with E-state index in [1.54, 1.807) is 29.2 Å². The maximum atomic E-state index is 13.0. The van der Waals surface area contributed by atoms with E-state index in [-0.39, 0.29) is 17.8 Å². The van der Waals surface area contributed by atoms with E-state index in [9.17, 15) is 14.4 Å². The summed E-state index contributed by atoms with van der Waals surface area (Å²) in [5.74, 6) is -0.495. The van der Waals surface area contributed by atoms with Crippen molar-refractivity contribution in [1.82, 2.24) is 4.90 Å². The highest BCUT2D eigenvalue weighted by Gasteiger charge is 2.34. The summed E-state index contributed by atoms with van der Waals surface area (Å²) in [4.78, 5) is 41.0. The molecule has 3 aromatic rings. The molecule has 1 aliphatic heterocycles. The largest absolute Gasteiger partial charge is 0.326 e. The highest BCUT2D eigenvalue weighted by atomic mass is 16.2. The van der Waals surface area contributed by atoms with Gasteiger partial charge in [0.05, 0.1) is 11.1 Å². The van der Waals surface area contributed by atoms with Gasteiger partial charge in [0.25, 0.3) is 11.8 Å². The maximum absolute atomic E-state index is 13.0. The van der Waals surface area contributed by atoms with Crippen LogP contribution in [0.15, 0.2) is 78.9 Å². The minimum absolute atomic E-state index is 0.221. The molecular weight excluding hydrogens is 402 g/mol. The third kappa shape index (κ3) is 4.54. The first-order valence-electron chi connectivity index (χ1n) is 10.7. The quantitative estimate of drug-likeness (QED) is 0.421. The molecule has 6 heteroatoms. The van der Waals surface area contributed by atoms with Crippen LogP contribution < -0.4 is 10.2 Å². The normalized spacial score (nSPS) is 12.6. The van der Waals surface area contributed by atoms with Crippen molar-refractivity contribution < 1.29 is 14.4 Å². The number of unbranched alkanes of at least 4 members (excludes halogenated alkanes) is 1. The van der Waals surface area contributed by atoms with E-state index in [2.05, 4.69) is 5.32 Å². The lowest BCUT2D eigenvalue weighted by Gasteiger charge is -2.24. The lowest BCUT2D eigenvalue weighted by atomic mass is 10.1. The summed E-state index contributed by atoms with van der Waals surface area (Å²) in [6, 6.07) is 23.8. The van der Waals surface area contributed by atoms with Gasteiger partial charge < -0.3 is 5.32 Å². The van der Waals surface area contributed by atoms with Gasteiger partial charge in [-0.3, -0.25) is 19.4 Å². The predicted molar refractivity (Wildman–Crippen MR) is 125 cm³/mol. The van der Waals surface area contributed by atoms with E-state index in [1.165, 1.54) is 4.90 Å². The van der Waals surface area contributed by atoms with Gasteiger partial charge in [0.2, 0.25) is 0 Å². The second-order valence-electron chi connectivity index (χ2n) is 7.80. The first-order valence-corrected chi connectivity index (χ1v) is 10.7. The monoisotopic (exact) mass is 427 g/mol. The molecule has 3 aromatic carbocycles. The number of para-hydroxylation sites is 1. The number of nitrogens with zero attached hydrogens (tertiary/aromatic N) is 2. The van der Waals surface area contributed by atoms with Crippen LogP contribution in [0.2, 0.25) is 0 Å². The molecule has 0 radical (unpaired) electrons. The Morgan fingerprint density at radius 3 is 2.03 bits per heavy atom. The molecule has 4 rings (SSSR count). The molecule has 0 spiro atoms. The summed E-state index contributed by atoms with van der Waals surface area (Å²) in [5, 5.41) is 2.93. The molecule has 4 amide bonds. The predicted octanol–water partition coefficient (Wildman–Crippen LogP) is 5.11. The van der Waals surface area contributed by atoms with Crippen molar-refractivity contribution in [3.8, 4) is 0 Å². The molecule has 0 atom stereocenters. The van der Waals surface area contributed by atoms with Crippen molar-refractivity contribution in [2.24, 2.45) is 0 Å². The highest BCUT2D eigenvalue weighted by molar-refractivity contribution is 6.21. The second kappa shape index (κ2) is 9.47. The van der Waals surface area contributed by atoms with Gasteiger partial charge in [0.1, 0.15) is 0 Å². The molecule has 0 aliphatic carbocycles. The fraction of sp³-hybridized carbons (Fsp3) is 0.192. The van der Waals surface area contributed by atoms with Crippen molar-refractivity contribution >= 4 is 29.2 Å². The van der Waals surface area contributed by atoms with E-state index in [0.717, 1.165) is 16.9 Å². The molecule has 1 N–H and O–H groups in total. The van der Waals surface area contributed by atoms with Gasteiger partial charge in [-0.2, -0.15) is 0 Å². The highest BCUT2D eigenvalue weighted by Crippen LogP contribution is 2.23. The maximum Gasteiger partial charge on any atom is 0.326 e. The number of rotatable bonds is 7. The number of carbonyl (C=O) groups excluding carboxylic acids is 3. The summed E-state index contributed by atoms with van der Waals surface area (Å²) in [5.41, 5.74) is 3.55. The lowest BCUT2D eigenvalue weighted by molar-refractivity contribution is 0.0652. The fourth-order valence-electron chi connectivity index (χ4n) is 3.77. The third-order valence-electron chi connectivity index (χ3n) is 5.51. The average molecular weight is 428 g/mol. The minimum Gasteiger partial charge on any atom is -0.308 e. The zero-order chi connectivity index (χ0) is 22.5. The van der Waals surface area contributed by atoms with Crippen molar-refractivity contribution in [2.45, 2.75) is 19.8 Å². The van der Waals surface area contributed by atoms with Crippen molar-refractivity contribution in [3.05, 3.63) is 95.6 Å². The van der Waals surface area contributed by atoms with Crippen molar-refractivity contribution in [3.63, 3.8) is 0 Å². The van der Waals surface area contributed by atoms with Crippen LogP contribution in [0.3, 0.4) is 0 Å². The van der Waals surface area contributed by atoms with Crippen LogP contribution in [-0.4, -0.2) is 35.8 Å². The Labute approximate surface area is 187 Å². The Bertz CT molecular complexity index is 1090. The Morgan fingerprint density at radius 1 is 0.812 bits per heavy atom. The van der Waals surface area contributed by atoms with E-state index < -0.39 is 0 Å². The number of amides is 4. The number of benzene rings is 3. The summed E-state index contributed by atoms with van der Waals surface area (Å²) < 4.78 is 0. The molecular formula is C26H25N3O3. The number of anilines is 2. The molecule has 0 unspecified atom stereocenters. The Balaban J connectivity index is 1.39. The molecule has 0 aromatic heterocycles. The molecule has 32 heavy (non-hydrogen) atoms. The third-order valence-corrected chi connectivity index (χ3v) is 5.51. The van der Waals surface area contributed by atoms with Crippen LogP contribution in [0.1, 0.15) is 39.1 Å². The molecule has 1 aliphatic rings. The first kappa shape index (κ1) is 21.3. The molecule has 0 saturated heterocycles. The van der Waals surface area contributed by atoms with Crippen LogP contribution in [0.25, 0.3) is 0 Å². The number of urea groups is 1.